The molecule has 214 valence electrons. The highest BCUT2D eigenvalue weighted by atomic mass is 35.5. The zero-order chi connectivity index (χ0) is 28.6. The topological polar surface area (TPSA) is 86.8 Å². The van der Waals surface area contributed by atoms with E-state index in [1.165, 1.54) is 23.1 Å². The Balaban J connectivity index is 1.81. The van der Waals surface area contributed by atoms with Gasteiger partial charge in [0, 0.05) is 41.2 Å². The van der Waals surface area contributed by atoms with Gasteiger partial charge in [0.1, 0.15) is 11.9 Å². The number of hydrogen-bond acceptors (Lipinski definition) is 4. The maximum Gasteiger partial charge on any atom is 0.243 e. The standard InChI is InChI=1S/C28H36Cl2FN3O4S/c1-3-25(28(36)32-20-11-5-4-6-12-20)33(19-21-22(29)13-9-14-23(21)30)27(35)17-10-18-34(39(2,37)38)26-16-8-7-15-24(26)31/h7-9,13-16,20,25H,3-6,10-12,17-19H2,1-2H3,(H,32,36). The van der Waals surface area contributed by atoms with E-state index in [2.05, 4.69) is 5.32 Å². The molecule has 1 aliphatic carbocycles. The normalized spacial score (nSPS) is 15.0. The summed E-state index contributed by atoms with van der Waals surface area (Å²) in [6.45, 7) is 1.76. The second-order valence-corrected chi connectivity index (χ2v) is 12.6. The highest BCUT2D eigenvalue weighted by molar-refractivity contribution is 7.92. The molecule has 3 rings (SSSR count). The highest BCUT2D eigenvalue weighted by Crippen LogP contribution is 2.28. The fourth-order valence-electron chi connectivity index (χ4n) is 4.95. The summed E-state index contributed by atoms with van der Waals surface area (Å²) in [5, 5.41) is 3.87. The van der Waals surface area contributed by atoms with E-state index in [9.17, 15) is 22.4 Å². The van der Waals surface area contributed by atoms with Gasteiger partial charge < -0.3 is 10.2 Å². The largest absolute Gasteiger partial charge is 0.352 e. The van der Waals surface area contributed by atoms with Crippen LogP contribution in [0.3, 0.4) is 0 Å². The predicted molar refractivity (Wildman–Crippen MR) is 154 cm³/mol. The molecular weight excluding hydrogens is 564 g/mol. The van der Waals surface area contributed by atoms with Crippen LogP contribution >= 0.6 is 23.2 Å². The Bertz CT molecular complexity index is 1230. The van der Waals surface area contributed by atoms with Crippen molar-refractivity contribution in [1.29, 1.82) is 0 Å². The highest BCUT2D eigenvalue weighted by Gasteiger charge is 2.31. The second kappa shape index (κ2) is 14.3. The fourth-order valence-corrected chi connectivity index (χ4v) is 6.44. The van der Waals surface area contributed by atoms with Crippen LogP contribution in [-0.2, 0) is 26.2 Å². The van der Waals surface area contributed by atoms with Gasteiger partial charge in [-0.05, 0) is 49.9 Å². The number of carbonyl (C=O) groups is 2. The van der Waals surface area contributed by atoms with Crippen LogP contribution in [-0.4, -0.2) is 50.0 Å². The number of benzene rings is 2. The van der Waals surface area contributed by atoms with Crippen molar-refractivity contribution >= 4 is 50.7 Å². The average Bonchev–Trinajstić information content (AvgIpc) is 2.88. The first-order chi connectivity index (χ1) is 18.5. The summed E-state index contributed by atoms with van der Waals surface area (Å²) in [6, 6.07) is 9.96. The lowest BCUT2D eigenvalue weighted by Gasteiger charge is -2.33. The zero-order valence-electron chi connectivity index (χ0n) is 22.3. The second-order valence-electron chi connectivity index (χ2n) is 9.88. The molecule has 1 fully saturated rings. The van der Waals surface area contributed by atoms with E-state index < -0.39 is 21.9 Å². The first kappa shape index (κ1) is 31.2. The van der Waals surface area contributed by atoms with Crippen molar-refractivity contribution in [2.45, 2.75) is 76.9 Å². The van der Waals surface area contributed by atoms with Gasteiger partial charge in [0.05, 0.1) is 11.9 Å². The summed E-state index contributed by atoms with van der Waals surface area (Å²) < 4.78 is 40.2. The van der Waals surface area contributed by atoms with Crippen molar-refractivity contribution in [3.63, 3.8) is 0 Å². The van der Waals surface area contributed by atoms with Crippen LogP contribution in [0, 0.1) is 5.82 Å². The molecule has 2 aromatic rings. The number of nitrogens with one attached hydrogen (secondary N) is 1. The molecule has 0 saturated heterocycles. The van der Waals surface area contributed by atoms with Gasteiger partial charge in [-0.1, -0.05) is 67.6 Å². The van der Waals surface area contributed by atoms with Crippen LogP contribution in [0.5, 0.6) is 0 Å². The lowest BCUT2D eigenvalue weighted by Crippen LogP contribution is -2.51. The minimum absolute atomic E-state index is 0.0248. The number of para-hydroxylation sites is 1. The Kier molecular flexibility index (Phi) is 11.4. The molecule has 2 aromatic carbocycles. The molecule has 11 heteroatoms. The third kappa shape index (κ3) is 8.56. The molecule has 39 heavy (non-hydrogen) atoms. The Morgan fingerprint density at radius 2 is 1.69 bits per heavy atom. The third-order valence-corrected chi connectivity index (χ3v) is 8.89. The molecule has 7 nitrogen and oxygen atoms in total. The van der Waals surface area contributed by atoms with Crippen LogP contribution in [0.1, 0.15) is 63.9 Å². The molecule has 0 aromatic heterocycles. The summed E-state index contributed by atoms with van der Waals surface area (Å²) in [4.78, 5) is 28.5. The van der Waals surface area contributed by atoms with E-state index in [1.807, 2.05) is 6.92 Å². The van der Waals surface area contributed by atoms with E-state index in [0.29, 0.717) is 22.0 Å². The van der Waals surface area contributed by atoms with Gasteiger partial charge in [0.25, 0.3) is 0 Å². The summed E-state index contributed by atoms with van der Waals surface area (Å²) in [6.07, 6.45) is 6.50. The van der Waals surface area contributed by atoms with Crippen molar-refractivity contribution < 1.29 is 22.4 Å². The molecule has 1 aliphatic rings. The number of nitrogens with zero attached hydrogens (tertiary/aromatic N) is 2. The van der Waals surface area contributed by atoms with Gasteiger partial charge in [-0.25, -0.2) is 12.8 Å². The SMILES string of the molecule is CCC(C(=O)NC1CCCCC1)N(Cc1c(Cl)cccc1Cl)C(=O)CCCN(c1ccccc1F)S(C)(=O)=O. The summed E-state index contributed by atoms with van der Waals surface area (Å²) >= 11 is 12.8. The minimum atomic E-state index is -3.80. The average molecular weight is 601 g/mol. The molecule has 0 bridgehead atoms. The van der Waals surface area contributed by atoms with Crippen molar-refractivity contribution in [2.75, 3.05) is 17.1 Å². The van der Waals surface area contributed by atoms with Crippen molar-refractivity contribution in [1.82, 2.24) is 10.2 Å². The monoisotopic (exact) mass is 599 g/mol. The van der Waals surface area contributed by atoms with E-state index in [4.69, 9.17) is 23.2 Å². The zero-order valence-corrected chi connectivity index (χ0v) is 24.7. The van der Waals surface area contributed by atoms with Gasteiger partial charge >= 0.3 is 0 Å². The van der Waals surface area contributed by atoms with Gasteiger partial charge in [-0.2, -0.15) is 0 Å². The summed E-state index contributed by atoms with van der Waals surface area (Å²) in [7, 11) is -3.80. The third-order valence-electron chi connectivity index (χ3n) is 7.00. The molecule has 0 aliphatic heterocycles. The molecular formula is C28H36Cl2FN3O4S. The van der Waals surface area contributed by atoms with E-state index in [-0.39, 0.29) is 49.5 Å². The van der Waals surface area contributed by atoms with E-state index in [0.717, 1.165) is 42.7 Å². The molecule has 1 atom stereocenters. The molecule has 0 heterocycles. The predicted octanol–water partition coefficient (Wildman–Crippen LogP) is 5.94. The Hall–Kier alpha value is -2.36. The van der Waals surface area contributed by atoms with Crippen molar-refractivity contribution in [3.8, 4) is 0 Å². The number of sulfonamides is 1. The lowest BCUT2D eigenvalue weighted by atomic mass is 9.95. The number of amides is 2. The van der Waals surface area contributed by atoms with E-state index in [1.54, 1.807) is 24.3 Å². The maximum absolute atomic E-state index is 14.4. The van der Waals surface area contributed by atoms with Crippen LogP contribution in [0.2, 0.25) is 10.0 Å². The molecule has 2 amide bonds. The summed E-state index contributed by atoms with van der Waals surface area (Å²) in [5.74, 6) is -1.25. The molecule has 1 saturated carbocycles. The number of carbonyl (C=O) groups excluding carboxylic acids is 2. The van der Waals surface area contributed by atoms with Crippen LogP contribution in [0.15, 0.2) is 42.5 Å². The van der Waals surface area contributed by atoms with E-state index >= 15 is 0 Å². The van der Waals surface area contributed by atoms with Crippen LogP contribution < -0.4 is 9.62 Å². The Morgan fingerprint density at radius 3 is 2.28 bits per heavy atom. The van der Waals surface area contributed by atoms with Crippen LogP contribution in [0.4, 0.5) is 10.1 Å². The van der Waals surface area contributed by atoms with Gasteiger partial charge in [0.15, 0.2) is 0 Å². The quantitative estimate of drug-likeness (QED) is 0.327. The van der Waals surface area contributed by atoms with Crippen molar-refractivity contribution in [2.24, 2.45) is 0 Å². The maximum atomic E-state index is 14.4. The Morgan fingerprint density at radius 1 is 1.05 bits per heavy atom. The summed E-state index contributed by atoms with van der Waals surface area (Å²) in [5.41, 5.74) is 0.452. The molecule has 0 radical (unpaired) electrons. The fraction of sp³-hybridized carbons (Fsp3) is 0.500. The lowest BCUT2D eigenvalue weighted by molar-refractivity contribution is -0.141. The molecule has 1 unspecified atom stereocenters. The van der Waals surface area contributed by atoms with Crippen LogP contribution in [0.25, 0.3) is 0 Å². The Labute approximate surface area is 240 Å². The first-order valence-electron chi connectivity index (χ1n) is 13.3. The van der Waals surface area contributed by atoms with Crippen molar-refractivity contribution in [3.05, 3.63) is 63.9 Å². The minimum Gasteiger partial charge on any atom is -0.352 e. The molecule has 0 spiro atoms. The smallest absolute Gasteiger partial charge is 0.243 e. The molecule has 1 N–H and O–H groups in total. The number of rotatable bonds is 12. The van der Waals surface area contributed by atoms with Gasteiger partial charge in [-0.3, -0.25) is 13.9 Å². The van der Waals surface area contributed by atoms with Gasteiger partial charge in [0.2, 0.25) is 21.8 Å². The number of halogens is 3. The van der Waals surface area contributed by atoms with Gasteiger partial charge in [-0.15, -0.1) is 0 Å². The number of hydrogen-bond donors (Lipinski definition) is 1. The number of anilines is 1. The first-order valence-corrected chi connectivity index (χ1v) is 15.9.